The lowest BCUT2D eigenvalue weighted by atomic mass is 10.0. The van der Waals surface area contributed by atoms with Crippen LogP contribution in [-0.4, -0.2) is 10.2 Å². The smallest absolute Gasteiger partial charge is 0.152 e. The number of aromatic nitrogens is 2. The third-order valence-electron chi connectivity index (χ3n) is 4.61. The molecular formula is C18H22ClN3. The molecule has 1 aliphatic carbocycles. The molecule has 116 valence electrons. The van der Waals surface area contributed by atoms with E-state index in [-0.39, 0.29) is 5.54 Å². The van der Waals surface area contributed by atoms with E-state index < -0.39 is 0 Å². The normalized spacial score (nSPS) is 15.9. The van der Waals surface area contributed by atoms with Crippen LogP contribution in [0.4, 0.5) is 5.82 Å². The van der Waals surface area contributed by atoms with Crippen molar-refractivity contribution in [3.63, 3.8) is 0 Å². The van der Waals surface area contributed by atoms with Crippen LogP contribution in [0.25, 0.3) is 0 Å². The summed E-state index contributed by atoms with van der Waals surface area (Å²) in [5.41, 5.74) is 4.77. The van der Waals surface area contributed by atoms with Crippen LogP contribution in [0, 0.1) is 13.8 Å². The zero-order valence-electron chi connectivity index (χ0n) is 13.6. The van der Waals surface area contributed by atoms with E-state index in [4.69, 9.17) is 11.6 Å². The largest absolute Gasteiger partial charge is 0.359 e. The predicted octanol–water partition coefficient (Wildman–Crippen LogP) is 4.97. The van der Waals surface area contributed by atoms with Gasteiger partial charge in [-0.3, -0.25) is 0 Å². The molecule has 2 aromatic rings. The van der Waals surface area contributed by atoms with Gasteiger partial charge in [-0.15, -0.1) is 5.10 Å². The fourth-order valence-corrected chi connectivity index (χ4v) is 3.02. The fraction of sp³-hybridized carbons (Fsp3) is 0.444. The lowest BCUT2D eigenvalue weighted by molar-refractivity contribution is 0.749. The number of rotatable bonds is 4. The molecule has 0 amide bonds. The van der Waals surface area contributed by atoms with Gasteiger partial charge in [0.1, 0.15) is 0 Å². The van der Waals surface area contributed by atoms with Crippen molar-refractivity contribution >= 4 is 17.4 Å². The molecule has 0 spiro atoms. The van der Waals surface area contributed by atoms with Gasteiger partial charge in [0.15, 0.2) is 5.82 Å². The van der Waals surface area contributed by atoms with E-state index in [2.05, 4.69) is 55.3 Å². The van der Waals surface area contributed by atoms with Crippen LogP contribution < -0.4 is 5.32 Å². The van der Waals surface area contributed by atoms with E-state index in [1.54, 1.807) is 0 Å². The Morgan fingerprint density at radius 1 is 1.05 bits per heavy atom. The molecular weight excluding hydrogens is 294 g/mol. The van der Waals surface area contributed by atoms with Gasteiger partial charge >= 0.3 is 0 Å². The quantitative estimate of drug-likeness (QED) is 0.865. The summed E-state index contributed by atoms with van der Waals surface area (Å²) in [5.74, 6) is 1.29. The minimum Gasteiger partial charge on any atom is -0.359 e. The lowest BCUT2D eigenvalue weighted by Crippen LogP contribution is -2.21. The average Bonchev–Trinajstić information content (AvgIpc) is 3.25. The van der Waals surface area contributed by atoms with E-state index in [1.165, 1.54) is 16.7 Å². The Balaban J connectivity index is 1.90. The number of hydrogen-bond donors (Lipinski definition) is 1. The highest BCUT2D eigenvalue weighted by molar-refractivity contribution is 6.30. The SMILES string of the molecule is Cc1c(NC2(c3ccc(Cl)cc3)CC2)nnc(C(C)C)c1C. The zero-order valence-corrected chi connectivity index (χ0v) is 14.3. The highest BCUT2D eigenvalue weighted by atomic mass is 35.5. The van der Waals surface area contributed by atoms with Gasteiger partial charge in [0.05, 0.1) is 11.2 Å². The van der Waals surface area contributed by atoms with Crippen LogP contribution in [0.15, 0.2) is 24.3 Å². The second kappa shape index (κ2) is 5.54. The summed E-state index contributed by atoms with van der Waals surface area (Å²) in [6, 6.07) is 8.09. The summed E-state index contributed by atoms with van der Waals surface area (Å²) in [6.45, 7) is 8.56. The van der Waals surface area contributed by atoms with E-state index >= 15 is 0 Å². The monoisotopic (exact) mass is 315 g/mol. The topological polar surface area (TPSA) is 37.8 Å². The molecule has 0 saturated heterocycles. The van der Waals surface area contributed by atoms with Gasteiger partial charge in [0.2, 0.25) is 0 Å². The molecule has 1 fully saturated rings. The number of hydrogen-bond acceptors (Lipinski definition) is 3. The molecule has 22 heavy (non-hydrogen) atoms. The Kier molecular flexibility index (Phi) is 3.85. The highest BCUT2D eigenvalue weighted by Crippen LogP contribution is 2.48. The Morgan fingerprint density at radius 2 is 1.68 bits per heavy atom. The van der Waals surface area contributed by atoms with Gasteiger partial charge < -0.3 is 5.32 Å². The van der Waals surface area contributed by atoms with Crippen LogP contribution >= 0.6 is 11.6 Å². The second-order valence-electron chi connectivity index (χ2n) is 6.55. The maximum atomic E-state index is 5.99. The second-order valence-corrected chi connectivity index (χ2v) is 6.99. The summed E-state index contributed by atoms with van der Waals surface area (Å²) in [6.07, 6.45) is 2.22. The fourth-order valence-electron chi connectivity index (χ4n) is 2.90. The minimum absolute atomic E-state index is 0.00415. The molecule has 1 aromatic heterocycles. The number of halogens is 1. The van der Waals surface area contributed by atoms with Gasteiger partial charge in [-0.05, 0) is 61.4 Å². The van der Waals surface area contributed by atoms with E-state index in [1.807, 2.05) is 12.1 Å². The molecule has 4 heteroatoms. The van der Waals surface area contributed by atoms with Crippen molar-refractivity contribution in [1.29, 1.82) is 0 Å². The third-order valence-corrected chi connectivity index (χ3v) is 4.86. The maximum absolute atomic E-state index is 5.99. The van der Waals surface area contributed by atoms with Gasteiger partial charge in [-0.2, -0.15) is 5.10 Å². The Bertz CT molecular complexity index is 688. The van der Waals surface area contributed by atoms with Crippen LogP contribution in [0.3, 0.4) is 0 Å². The number of nitrogens with zero attached hydrogens (tertiary/aromatic N) is 2. The summed E-state index contributed by atoms with van der Waals surface area (Å²) >= 11 is 5.99. The van der Waals surface area contributed by atoms with Crippen molar-refractivity contribution in [1.82, 2.24) is 10.2 Å². The molecule has 3 nitrogen and oxygen atoms in total. The van der Waals surface area contributed by atoms with Crippen LogP contribution in [0.2, 0.25) is 5.02 Å². The van der Waals surface area contributed by atoms with Gasteiger partial charge in [-0.25, -0.2) is 0 Å². The summed E-state index contributed by atoms with van der Waals surface area (Å²) in [7, 11) is 0. The van der Waals surface area contributed by atoms with Gasteiger partial charge in [0, 0.05) is 5.02 Å². The summed E-state index contributed by atoms with van der Waals surface area (Å²) in [4.78, 5) is 0. The Labute approximate surface area is 137 Å². The molecule has 0 atom stereocenters. The number of benzene rings is 1. The molecule has 3 rings (SSSR count). The number of nitrogens with one attached hydrogen (secondary N) is 1. The molecule has 1 heterocycles. The molecule has 1 aromatic carbocycles. The van der Waals surface area contributed by atoms with E-state index in [0.29, 0.717) is 5.92 Å². The summed E-state index contributed by atoms with van der Waals surface area (Å²) in [5, 5.41) is 13.3. The van der Waals surface area contributed by atoms with Crippen molar-refractivity contribution < 1.29 is 0 Å². The molecule has 1 aliphatic rings. The molecule has 1 saturated carbocycles. The summed E-state index contributed by atoms with van der Waals surface area (Å²) < 4.78 is 0. The average molecular weight is 316 g/mol. The maximum Gasteiger partial charge on any atom is 0.152 e. The first-order valence-corrected chi connectivity index (χ1v) is 8.19. The molecule has 0 radical (unpaired) electrons. The molecule has 0 aliphatic heterocycles. The van der Waals surface area contributed by atoms with E-state index in [0.717, 1.165) is 29.4 Å². The van der Waals surface area contributed by atoms with Crippen LogP contribution in [-0.2, 0) is 5.54 Å². The van der Waals surface area contributed by atoms with Gasteiger partial charge in [-0.1, -0.05) is 37.6 Å². The van der Waals surface area contributed by atoms with Crippen molar-refractivity contribution in [2.24, 2.45) is 0 Å². The molecule has 0 bridgehead atoms. The Hall–Kier alpha value is -1.61. The number of anilines is 1. The minimum atomic E-state index is -0.00415. The van der Waals surface area contributed by atoms with Crippen molar-refractivity contribution in [2.45, 2.75) is 52.0 Å². The van der Waals surface area contributed by atoms with Crippen molar-refractivity contribution in [3.05, 3.63) is 51.7 Å². The standard InChI is InChI=1S/C18H22ClN3/c1-11(2)16-12(3)13(4)17(22-21-16)20-18(9-10-18)14-5-7-15(19)8-6-14/h5-8,11H,9-10H2,1-4H3,(H,20,22). The first-order valence-electron chi connectivity index (χ1n) is 7.81. The first-order chi connectivity index (χ1) is 10.4. The predicted molar refractivity (Wildman–Crippen MR) is 91.6 cm³/mol. The van der Waals surface area contributed by atoms with Crippen LogP contribution in [0.5, 0.6) is 0 Å². The molecule has 0 unspecified atom stereocenters. The lowest BCUT2D eigenvalue weighted by Gasteiger charge is -2.21. The van der Waals surface area contributed by atoms with Crippen LogP contribution in [0.1, 0.15) is 55.0 Å². The third kappa shape index (κ3) is 2.70. The first kappa shape index (κ1) is 15.3. The Morgan fingerprint density at radius 3 is 2.23 bits per heavy atom. The van der Waals surface area contributed by atoms with E-state index in [9.17, 15) is 0 Å². The zero-order chi connectivity index (χ0) is 15.9. The highest BCUT2D eigenvalue weighted by Gasteiger charge is 2.45. The molecule has 1 N–H and O–H groups in total. The van der Waals surface area contributed by atoms with Gasteiger partial charge in [0.25, 0.3) is 0 Å². The van der Waals surface area contributed by atoms with Crippen molar-refractivity contribution in [2.75, 3.05) is 5.32 Å². The van der Waals surface area contributed by atoms with Crippen molar-refractivity contribution in [3.8, 4) is 0 Å².